The number of unbranched alkanes of at least 4 members (excludes halogenated alkanes) is 1. The molecule has 0 saturated heterocycles. The van der Waals surface area contributed by atoms with Gasteiger partial charge in [-0.05, 0) is 38.3 Å². The van der Waals surface area contributed by atoms with Gasteiger partial charge < -0.3 is 15.6 Å². The molecule has 0 radical (unpaired) electrons. The van der Waals surface area contributed by atoms with Crippen molar-refractivity contribution in [3.8, 4) is 0 Å². The Morgan fingerprint density at radius 2 is 2.14 bits per heavy atom. The van der Waals surface area contributed by atoms with Crippen molar-refractivity contribution < 1.29 is 9.32 Å². The van der Waals surface area contributed by atoms with Crippen molar-refractivity contribution in [3.63, 3.8) is 0 Å². The van der Waals surface area contributed by atoms with Gasteiger partial charge in [0.2, 0.25) is 0 Å². The Bertz CT molecular complexity index is 640. The molecule has 0 unspecified atom stereocenters. The first-order valence-corrected chi connectivity index (χ1v) is 7.29. The minimum Gasteiger partial charge on any atom is -0.352 e. The van der Waals surface area contributed by atoms with Crippen LogP contribution in [-0.4, -0.2) is 29.1 Å². The topological polar surface area (TPSA) is 94.0 Å². The Balaban J connectivity index is 0.00000242. The van der Waals surface area contributed by atoms with Crippen LogP contribution in [0.15, 0.2) is 10.6 Å². The lowest BCUT2D eigenvalue weighted by Crippen LogP contribution is -2.25. The quantitative estimate of drug-likeness (QED) is 0.795. The molecule has 1 amide bonds. The third kappa shape index (κ3) is 3.96. The summed E-state index contributed by atoms with van der Waals surface area (Å²) in [6.45, 7) is 7.11. The molecular weight excluding hydrogens is 304 g/mol. The largest absolute Gasteiger partial charge is 0.352 e. The molecule has 22 heavy (non-hydrogen) atoms. The van der Waals surface area contributed by atoms with Crippen LogP contribution in [0.4, 0.5) is 0 Å². The Morgan fingerprint density at radius 1 is 1.41 bits per heavy atom. The van der Waals surface area contributed by atoms with Crippen molar-refractivity contribution in [2.45, 2.75) is 39.5 Å². The summed E-state index contributed by atoms with van der Waals surface area (Å²) in [6, 6.07) is 1.78. The van der Waals surface area contributed by atoms with Gasteiger partial charge in [-0.2, -0.15) is 0 Å². The van der Waals surface area contributed by atoms with Crippen molar-refractivity contribution >= 4 is 29.4 Å². The second kappa shape index (κ2) is 8.10. The molecule has 0 aliphatic carbocycles. The Labute approximate surface area is 136 Å². The number of hydrogen-bond donors (Lipinski definition) is 2. The zero-order chi connectivity index (χ0) is 15.4. The summed E-state index contributed by atoms with van der Waals surface area (Å²) in [5, 5.41) is 7.69. The Morgan fingerprint density at radius 3 is 2.77 bits per heavy atom. The molecule has 0 aliphatic rings. The standard InChI is InChI=1S/C15H22N4O2.ClH/c1-9(2)13-12-11(14(20)17-7-5-4-6-16)8-10(3)18-15(12)21-19-13;/h8-9H,4-7,16H2,1-3H3,(H,17,20);1H. The molecule has 2 heterocycles. The number of carbonyl (C=O) groups excluding carboxylic acids is 1. The van der Waals surface area contributed by atoms with Crippen LogP contribution in [-0.2, 0) is 0 Å². The van der Waals surface area contributed by atoms with E-state index in [9.17, 15) is 4.79 Å². The van der Waals surface area contributed by atoms with Gasteiger partial charge in [0.05, 0.1) is 16.6 Å². The molecule has 7 heteroatoms. The van der Waals surface area contributed by atoms with Gasteiger partial charge in [-0.15, -0.1) is 12.4 Å². The molecule has 6 nitrogen and oxygen atoms in total. The van der Waals surface area contributed by atoms with Gasteiger partial charge in [0.15, 0.2) is 0 Å². The van der Waals surface area contributed by atoms with Crippen molar-refractivity contribution in [3.05, 3.63) is 23.0 Å². The number of amides is 1. The van der Waals surface area contributed by atoms with E-state index in [1.807, 2.05) is 20.8 Å². The van der Waals surface area contributed by atoms with E-state index < -0.39 is 0 Å². The summed E-state index contributed by atoms with van der Waals surface area (Å²) < 4.78 is 5.27. The van der Waals surface area contributed by atoms with Crippen LogP contribution in [0.2, 0.25) is 0 Å². The summed E-state index contributed by atoms with van der Waals surface area (Å²) in [5.41, 5.74) is 7.95. The lowest BCUT2D eigenvalue weighted by Gasteiger charge is -2.08. The van der Waals surface area contributed by atoms with Crippen LogP contribution in [0.5, 0.6) is 0 Å². The second-order valence-electron chi connectivity index (χ2n) is 5.47. The summed E-state index contributed by atoms with van der Waals surface area (Å²) in [7, 11) is 0. The van der Waals surface area contributed by atoms with Crippen LogP contribution in [0.25, 0.3) is 11.1 Å². The van der Waals surface area contributed by atoms with E-state index >= 15 is 0 Å². The summed E-state index contributed by atoms with van der Waals surface area (Å²) in [4.78, 5) is 16.7. The average molecular weight is 327 g/mol. The zero-order valence-electron chi connectivity index (χ0n) is 13.2. The molecule has 0 spiro atoms. The number of nitrogens with two attached hydrogens (primary N) is 1. The predicted octanol–water partition coefficient (Wildman–Crippen LogP) is 2.55. The third-order valence-corrected chi connectivity index (χ3v) is 3.31. The number of hydrogen-bond acceptors (Lipinski definition) is 5. The fraction of sp³-hybridized carbons (Fsp3) is 0.533. The number of carbonyl (C=O) groups is 1. The minimum atomic E-state index is -0.118. The van der Waals surface area contributed by atoms with Crippen LogP contribution in [0, 0.1) is 6.92 Å². The summed E-state index contributed by atoms with van der Waals surface area (Å²) >= 11 is 0. The van der Waals surface area contributed by atoms with Gasteiger partial charge in [0, 0.05) is 12.2 Å². The van der Waals surface area contributed by atoms with Crippen LogP contribution in [0.3, 0.4) is 0 Å². The number of halogens is 1. The normalized spacial score (nSPS) is 10.8. The van der Waals surface area contributed by atoms with Gasteiger partial charge in [0.1, 0.15) is 0 Å². The van der Waals surface area contributed by atoms with Crippen LogP contribution >= 0.6 is 12.4 Å². The first kappa shape index (κ1) is 18.4. The summed E-state index contributed by atoms with van der Waals surface area (Å²) in [6.07, 6.45) is 1.77. The molecule has 0 saturated carbocycles. The molecule has 3 N–H and O–H groups in total. The number of fused-ring (bicyclic) bond motifs is 1. The number of aryl methyl sites for hydroxylation is 1. The zero-order valence-corrected chi connectivity index (χ0v) is 14.0. The maximum Gasteiger partial charge on any atom is 0.259 e. The summed E-state index contributed by atoms with van der Waals surface area (Å²) in [5.74, 6) is 0.0483. The molecule has 0 aromatic carbocycles. The molecule has 0 atom stereocenters. The van der Waals surface area contributed by atoms with E-state index in [4.69, 9.17) is 10.3 Å². The monoisotopic (exact) mass is 326 g/mol. The average Bonchev–Trinajstić information content (AvgIpc) is 2.86. The SMILES string of the molecule is Cc1cc(C(=O)NCCCCN)c2c(C(C)C)noc2n1.Cl. The first-order chi connectivity index (χ1) is 10.0. The highest BCUT2D eigenvalue weighted by Crippen LogP contribution is 2.27. The highest BCUT2D eigenvalue weighted by atomic mass is 35.5. The minimum absolute atomic E-state index is 0. The number of rotatable bonds is 6. The lowest BCUT2D eigenvalue weighted by molar-refractivity contribution is 0.0954. The van der Waals surface area contributed by atoms with Gasteiger partial charge in [-0.3, -0.25) is 4.79 Å². The molecule has 0 bridgehead atoms. The van der Waals surface area contributed by atoms with Gasteiger partial charge >= 0.3 is 0 Å². The molecule has 122 valence electrons. The van der Waals surface area contributed by atoms with Gasteiger partial charge in [0.25, 0.3) is 11.6 Å². The van der Waals surface area contributed by atoms with Crippen molar-refractivity contribution in [1.29, 1.82) is 0 Å². The van der Waals surface area contributed by atoms with E-state index in [2.05, 4.69) is 15.5 Å². The maximum absolute atomic E-state index is 12.4. The highest BCUT2D eigenvalue weighted by molar-refractivity contribution is 6.06. The van der Waals surface area contributed by atoms with Gasteiger partial charge in [-0.25, -0.2) is 4.98 Å². The van der Waals surface area contributed by atoms with E-state index in [-0.39, 0.29) is 24.2 Å². The third-order valence-electron chi connectivity index (χ3n) is 3.31. The molecule has 2 rings (SSSR count). The number of pyridine rings is 1. The molecule has 2 aromatic rings. The fourth-order valence-corrected chi connectivity index (χ4v) is 2.24. The smallest absolute Gasteiger partial charge is 0.259 e. The van der Waals surface area contributed by atoms with Crippen LogP contribution < -0.4 is 11.1 Å². The highest BCUT2D eigenvalue weighted by Gasteiger charge is 2.21. The Hall–Kier alpha value is -1.66. The van der Waals surface area contributed by atoms with E-state index in [0.717, 1.165) is 24.2 Å². The van der Waals surface area contributed by atoms with E-state index in [0.29, 0.717) is 29.8 Å². The fourth-order valence-electron chi connectivity index (χ4n) is 2.24. The van der Waals surface area contributed by atoms with Crippen molar-refractivity contribution in [2.24, 2.45) is 5.73 Å². The number of aromatic nitrogens is 2. The predicted molar refractivity (Wildman–Crippen MR) is 88.5 cm³/mol. The van der Waals surface area contributed by atoms with Crippen molar-refractivity contribution in [2.75, 3.05) is 13.1 Å². The first-order valence-electron chi connectivity index (χ1n) is 7.29. The van der Waals surface area contributed by atoms with Gasteiger partial charge in [-0.1, -0.05) is 19.0 Å². The Kier molecular flexibility index (Phi) is 6.77. The number of nitrogens with one attached hydrogen (secondary N) is 1. The molecular formula is C15H23ClN4O2. The maximum atomic E-state index is 12.4. The lowest BCUT2D eigenvalue weighted by atomic mass is 10.0. The van der Waals surface area contributed by atoms with E-state index in [1.54, 1.807) is 6.07 Å². The molecule has 0 aliphatic heterocycles. The number of nitrogens with zero attached hydrogens (tertiary/aromatic N) is 2. The molecule has 0 fully saturated rings. The van der Waals surface area contributed by atoms with E-state index in [1.165, 1.54) is 0 Å². The second-order valence-corrected chi connectivity index (χ2v) is 5.47. The van der Waals surface area contributed by atoms with Crippen molar-refractivity contribution in [1.82, 2.24) is 15.5 Å². The molecule has 2 aromatic heterocycles. The van der Waals surface area contributed by atoms with Crippen LogP contribution in [0.1, 0.15) is 54.4 Å².